The van der Waals surface area contributed by atoms with E-state index in [9.17, 15) is 13.2 Å². The minimum absolute atomic E-state index is 0.0805. The summed E-state index contributed by atoms with van der Waals surface area (Å²) in [6.07, 6.45) is 2.49. The van der Waals surface area contributed by atoms with E-state index in [4.69, 9.17) is 4.74 Å². The molecule has 2 aromatic rings. The van der Waals surface area contributed by atoms with Crippen molar-refractivity contribution in [2.24, 2.45) is 0 Å². The molecule has 1 fully saturated rings. The van der Waals surface area contributed by atoms with Gasteiger partial charge in [-0.05, 0) is 49.6 Å². The maximum Gasteiger partial charge on any atom is 0.251 e. The number of rotatable bonds is 10. The van der Waals surface area contributed by atoms with Crippen LogP contribution in [0.2, 0.25) is 0 Å². The van der Waals surface area contributed by atoms with Crippen LogP contribution in [0.3, 0.4) is 0 Å². The van der Waals surface area contributed by atoms with Crippen LogP contribution in [0.1, 0.15) is 29.6 Å². The topological polar surface area (TPSA) is 87.7 Å². The smallest absolute Gasteiger partial charge is 0.251 e. The Kier molecular flexibility index (Phi) is 7.84. The number of nitrogens with one attached hydrogen (secondary N) is 2. The number of sulfonamides is 1. The molecule has 8 heteroatoms. The fraction of sp³-hybridized carbons (Fsp3) is 0.409. The lowest BCUT2D eigenvalue weighted by Crippen LogP contribution is -2.32. The van der Waals surface area contributed by atoms with E-state index < -0.39 is 10.0 Å². The summed E-state index contributed by atoms with van der Waals surface area (Å²) >= 11 is 0. The van der Waals surface area contributed by atoms with Gasteiger partial charge < -0.3 is 15.0 Å². The number of benzene rings is 2. The van der Waals surface area contributed by atoms with Crippen LogP contribution in [0, 0.1) is 0 Å². The third kappa shape index (κ3) is 6.29. The van der Waals surface area contributed by atoms with Crippen LogP contribution < -0.4 is 14.9 Å². The first-order chi connectivity index (χ1) is 14.5. The summed E-state index contributed by atoms with van der Waals surface area (Å²) in [4.78, 5) is 14.7. The molecule has 1 unspecified atom stereocenters. The summed E-state index contributed by atoms with van der Waals surface area (Å²) < 4.78 is 33.1. The molecule has 1 saturated heterocycles. The molecule has 1 aliphatic heterocycles. The Bertz CT molecular complexity index is 928. The Hall–Kier alpha value is -2.42. The number of ether oxygens (including phenoxy) is 1. The van der Waals surface area contributed by atoms with Crippen LogP contribution in [0.15, 0.2) is 59.5 Å². The van der Waals surface area contributed by atoms with Crippen molar-refractivity contribution in [1.82, 2.24) is 10.0 Å². The number of para-hydroxylation sites is 1. The zero-order valence-electron chi connectivity index (χ0n) is 17.2. The highest BCUT2D eigenvalue weighted by Crippen LogP contribution is 2.15. The maximum absolute atomic E-state index is 12.5. The van der Waals surface area contributed by atoms with Crippen LogP contribution in [-0.2, 0) is 14.8 Å². The number of carbonyl (C=O) groups is 1. The van der Waals surface area contributed by atoms with Gasteiger partial charge in [0.15, 0.2) is 0 Å². The van der Waals surface area contributed by atoms with E-state index in [1.54, 1.807) is 12.1 Å². The molecule has 0 aromatic heterocycles. The van der Waals surface area contributed by atoms with Crippen molar-refractivity contribution in [1.29, 1.82) is 0 Å². The summed E-state index contributed by atoms with van der Waals surface area (Å²) in [6.45, 7) is 2.22. The predicted molar refractivity (Wildman–Crippen MR) is 117 cm³/mol. The molecular formula is C22H29N3O4S. The highest BCUT2D eigenvalue weighted by Gasteiger charge is 2.21. The third-order valence-corrected chi connectivity index (χ3v) is 6.51. The normalized spacial score (nSPS) is 16.4. The van der Waals surface area contributed by atoms with Gasteiger partial charge in [-0.2, -0.15) is 0 Å². The van der Waals surface area contributed by atoms with E-state index in [1.165, 1.54) is 12.1 Å². The minimum Gasteiger partial charge on any atom is -0.377 e. The van der Waals surface area contributed by atoms with Crippen LogP contribution in [0.25, 0.3) is 0 Å². The van der Waals surface area contributed by atoms with E-state index in [0.29, 0.717) is 18.7 Å². The van der Waals surface area contributed by atoms with Gasteiger partial charge in [-0.25, -0.2) is 13.1 Å². The summed E-state index contributed by atoms with van der Waals surface area (Å²) in [7, 11) is -1.68. The zero-order chi connectivity index (χ0) is 21.4. The molecule has 1 heterocycles. The zero-order valence-corrected chi connectivity index (χ0v) is 18.0. The fourth-order valence-corrected chi connectivity index (χ4v) is 4.44. The molecule has 1 amide bonds. The SMILES string of the molecule is CN(CCCNC(=O)c1cccc(S(=O)(=O)NCC2CCCO2)c1)c1ccccc1. The number of nitrogens with zero attached hydrogens (tertiary/aromatic N) is 1. The van der Waals surface area contributed by atoms with Crippen molar-refractivity contribution in [2.45, 2.75) is 30.3 Å². The summed E-state index contributed by atoms with van der Waals surface area (Å²) in [5.74, 6) is -0.284. The van der Waals surface area contributed by atoms with Crippen molar-refractivity contribution in [2.75, 3.05) is 38.2 Å². The number of hydrogen-bond donors (Lipinski definition) is 2. The maximum atomic E-state index is 12.5. The molecule has 0 spiro atoms. The van der Waals surface area contributed by atoms with Gasteiger partial charge in [-0.15, -0.1) is 0 Å². The standard InChI is InChI=1S/C22H29N3O4S/c1-25(19-9-3-2-4-10-19)14-7-13-23-22(26)18-8-5-12-21(16-18)30(27,28)24-17-20-11-6-15-29-20/h2-5,8-10,12,16,20,24H,6-7,11,13-15,17H2,1H3,(H,23,26). The molecule has 0 radical (unpaired) electrons. The second-order valence-electron chi connectivity index (χ2n) is 7.38. The van der Waals surface area contributed by atoms with Crippen molar-refractivity contribution in [3.8, 4) is 0 Å². The van der Waals surface area contributed by atoms with Crippen molar-refractivity contribution < 1.29 is 17.9 Å². The lowest BCUT2D eigenvalue weighted by molar-refractivity contribution is 0.0953. The van der Waals surface area contributed by atoms with E-state index in [0.717, 1.165) is 31.5 Å². The minimum atomic E-state index is -3.69. The van der Waals surface area contributed by atoms with Crippen molar-refractivity contribution in [3.63, 3.8) is 0 Å². The number of hydrogen-bond acceptors (Lipinski definition) is 5. The van der Waals surface area contributed by atoms with Gasteiger partial charge in [-0.3, -0.25) is 4.79 Å². The van der Waals surface area contributed by atoms with Crippen molar-refractivity contribution in [3.05, 3.63) is 60.2 Å². The Morgan fingerprint density at radius 2 is 1.97 bits per heavy atom. The monoisotopic (exact) mass is 431 g/mol. The molecule has 0 aliphatic carbocycles. The Morgan fingerprint density at radius 1 is 1.17 bits per heavy atom. The molecular weight excluding hydrogens is 402 g/mol. The molecule has 162 valence electrons. The van der Waals surface area contributed by atoms with Crippen LogP contribution >= 0.6 is 0 Å². The van der Waals surface area contributed by atoms with Gasteiger partial charge in [0.25, 0.3) is 5.91 Å². The van der Waals surface area contributed by atoms with Gasteiger partial charge in [0.05, 0.1) is 11.0 Å². The largest absolute Gasteiger partial charge is 0.377 e. The summed E-state index contributed by atoms with van der Waals surface area (Å²) in [6, 6.07) is 16.1. The molecule has 7 nitrogen and oxygen atoms in total. The second-order valence-corrected chi connectivity index (χ2v) is 9.15. The summed E-state index contributed by atoms with van der Waals surface area (Å²) in [5, 5.41) is 2.86. The highest BCUT2D eigenvalue weighted by molar-refractivity contribution is 7.89. The quantitative estimate of drug-likeness (QED) is 0.564. The Morgan fingerprint density at radius 3 is 2.70 bits per heavy atom. The van der Waals surface area contributed by atoms with Gasteiger partial charge in [0, 0.05) is 44.5 Å². The van der Waals surface area contributed by atoms with Gasteiger partial charge in [0.1, 0.15) is 0 Å². The first-order valence-electron chi connectivity index (χ1n) is 10.2. The Labute approximate surface area is 178 Å². The van der Waals surface area contributed by atoms with Gasteiger partial charge in [0.2, 0.25) is 10.0 Å². The molecule has 0 saturated carbocycles. The average molecular weight is 432 g/mol. The molecule has 1 atom stereocenters. The van der Waals surface area contributed by atoms with Gasteiger partial charge >= 0.3 is 0 Å². The second kappa shape index (κ2) is 10.6. The first-order valence-corrected chi connectivity index (χ1v) is 11.7. The fourth-order valence-electron chi connectivity index (χ4n) is 3.33. The molecule has 3 rings (SSSR count). The van der Waals surface area contributed by atoms with E-state index in [-0.39, 0.29) is 23.5 Å². The predicted octanol–water partition coefficient (Wildman–Crippen LogP) is 2.40. The van der Waals surface area contributed by atoms with Crippen LogP contribution in [0.4, 0.5) is 5.69 Å². The van der Waals surface area contributed by atoms with E-state index in [1.807, 2.05) is 37.4 Å². The third-order valence-electron chi connectivity index (χ3n) is 5.08. The van der Waals surface area contributed by atoms with Crippen LogP contribution in [-0.4, -0.2) is 53.7 Å². The Balaban J connectivity index is 1.49. The van der Waals surface area contributed by atoms with Gasteiger partial charge in [-0.1, -0.05) is 24.3 Å². The van der Waals surface area contributed by atoms with E-state index in [2.05, 4.69) is 14.9 Å². The summed E-state index contributed by atoms with van der Waals surface area (Å²) in [5.41, 5.74) is 1.45. The molecule has 0 bridgehead atoms. The lowest BCUT2D eigenvalue weighted by atomic mass is 10.2. The van der Waals surface area contributed by atoms with Crippen LogP contribution in [0.5, 0.6) is 0 Å². The van der Waals surface area contributed by atoms with E-state index >= 15 is 0 Å². The molecule has 30 heavy (non-hydrogen) atoms. The van der Waals surface area contributed by atoms with Crippen molar-refractivity contribution >= 4 is 21.6 Å². The highest BCUT2D eigenvalue weighted by atomic mass is 32.2. The molecule has 2 aromatic carbocycles. The molecule has 2 N–H and O–H groups in total. The number of carbonyl (C=O) groups excluding carboxylic acids is 1. The number of anilines is 1. The lowest BCUT2D eigenvalue weighted by Gasteiger charge is -2.19. The first kappa shape index (κ1) is 22.3. The average Bonchev–Trinajstić information content (AvgIpc) is 3.29. The number of amides is 1. The molecule has 1 aliphatic rings.